The van der Waals surface area contributed by atoms with Crippen molar-refractivity contribution in [2.75, 3.05) is 11.8 Å². The number of hydrogen-bond acceptors (Lipinski definition) is 1. The molecular weight excluding hydrogens is 175 g/mol. The van der Waals surface area contributed by atoms with Crippen LogP contribution in [0.15, 0.2) is 12.2 Å². The number of amides is 2. The Bertz CT molecular complexity index is 106. The van der Waals surface area contributed by atoms with Crippen LogP contribution in [-0.4, -0.2) is 17.8 Å². The van der Waals surface area contributed by atoms with Crippen LogP contribution in [0.4, 0.5) is 4.79 Å². The number of rotatable bonds is 2. The molecule has 10 heavy (non-hydrogen) atoms. The van der Waals surface area contributed by atoms with Crippen LogP contribution in [0, 0.1) is 0 Å². The van der Waals surface area contributed by atoms with Crippen molar-refractivity contribution in [3.8, 4) is 0 Å². The minimum atomic E-state index is -0.833. The highest BCUT2D eigenvalue weighted by Crippen LogP contribution is 1.94. The molecule has 5 heteroatoms. The summed E-state index contributed by atoms with van der Waals surface area (Å²) >= 11 is 10.5. The predicted molar refractivity (Wildman–Crippen MR) is 44.4 cm³/mol. The van der Waals surface area contributed by atoms with E-state index in [2.05, 4.69) is 18.0 Å². The van der Waals surface area contributed by atoms with E-state index >= 15 is 0 Å². The maximum atomic E-state index is 9.00. The van der Waals surface area contributed by atoms with Crippen molar-refractivity contribution in [1.82, 2.24) is 0 Å². The molecule has 0 aliphatic rings. The van der Waals surface area contributed by atoms with Gasteiger partial charge in [-0.05, 0) is 5.57 Å². The zero-order chi connectivity index (χ0) is 8.57. The SMILES string of the molecule is C=C(CCl)CCl.NC(N)=O. The number of hydrogen-bond donors (Lipinski definition) is 2. The predicted octanol–water partition coefficient (Wildman–Crippen LogP) is 1.04. The second kappa shape index (κ2) is 8.59. The van der Waals surface area contributed by atoms with Gasteiger partial charge in [0.05, 0.1) is 0 Å². The van der Waals surface area contributed by atoms with E-state index in [4.69, 9.17) is 28.0 Å². The Hall–Kier alpha value is -0.410. The fourth-order valence-electron chi connectivity index (χ4n) is 0.0357. The first kappa shape index (κ1) is 12.3. The van der Waals surface area contributed by atoms with E-state index in [1.807, 2.05) is 0 Å². The van der Waals surface area contributed by atoms with Gasteiger partial charge in [-0.3, -0.25) is 0 Å². The summed E-state index contributed by atoms with van der Waals surface area (Å²) in [6.45, 7) is 3.53. The number of halogens is 2. The van der Waals surface area contributed by atoms with Gasteiger partial charge < -0.3 is 11.5 Å². The minimum Gasteiger partial charge on any atom is -0.352 e. The van der Waals surface area contributed by atoms with Crippen LogP contribution in [0.1, 0.15) is 0 Å². The molecule has 0 aromatic rings. The van der Waals surface area contributed by atoms with Gasteiger partial charge in [-0.15, -0.1) is 23.2 Å². The fourth-order valence-corrected chi connectivity index (χ4v) is 0.321. The van der Waals surface area contributed by atoms with Gasteiger partial charge in [-0.2, -0.15) is 0 Å². The lowest BCUT2D eigenvalue weighted by atomic mass is 10.4. The molecule has 0 unspecified atom stereocenters. The Labute approximate surface area is 70.0 Å². The van der Waals surface area contributed by atoms with Crippen LogP contribution in [-0.2, 0) is 0 Å². The van der Waals surface area contributed by atoms with Crippen LogP contribution >= 0.6 is 23.2 Å². The van der Waals surface area contributed by atoms with E-state index in [1.54, 1.807) is 0 Å². The number of carbonyl (C=O) groups is 1. The van der Waals surface area contributed by atoms with Crippen molar-refractivity contribution < 1.29 is 4.79 Å². The van der Waals surface area contributed by atoms with Crippen molar-refractivity contribution in [3.63, 3.8) is 0 Å². The Balaban J connectivity index is 0. The average Bonchev–Trinajstić information content (AvgIpc) is 1.85. The van der Waals surface area contributed by atoms with Crippen molar-refractivity contribution in [2.24, 2.45) is 11.5 Å². The molecule has 0 saturated carbocycles. The summed E-state index contributed by atoms with van der Waals surface area (Å²) in [5, 5.41) is 0. The molecule has 0 rings (SSSR count). The molecule has 3 nitrogen and oxygen atoms in total. The third kappa shape index (κ3) is 25.6. The third-order valence-electron chi connectivity index (χ3n) is 0.378. The first-order valence-corrected chi connectivity index (χ1v) is 3.45. The lowest BCUT2D eigenvalue weighted by Crippen LogP contribution is -2.18. The van der Waals surface area contributed by atoms with Gasteiger partial charge in [0.15, 0.2) is 0 Å². The van der Waals surface area contributed by atoms with Crippen LogP contribution < -0.4 is 11.5 Å². The maximum Gasteiger partial charge on any atom is 0.309 e. The van der Waals surface area contributed by atoms with Gasteiger partial charge in [-0.1, -0.05) is 6.58 Å². The second-order valence-corrected chi connectivity index (χ2v) is 1.95. The average molecular weight is 185 g/mol. The Morgan fingerprint density at radius 1 is 1.30 bits per heavy atom. The Morgan fingerprint density at radius 2 is 1.50 bits per heavy atom. The van der Waals surface area contributed by atoms with E-state index in [9.17, 15) is 0 Å². The van der Waals surface area contributed by atoms with Crippen molar-refractivity contribution in [2.45, 2.75) is 0 Å². The zero-order valence-corrected chi connectivity index (χ0v) is 6.95. The van der Waals surface area contributed by atoms with E-state index < -0.39 is 6.03 Å². The standard InChI is InChI=1S/C4H6Cl2.CH4N2O/c1-4(2-5)3-6;2-1(3)4/h1-3H2;(H4,2,3,4). The molecule has 0 atom stereocenters. The Kier molecular flexibility index (Phi) is 10.6. The summed E-state index contributed by atoms with van der Waals surface area (Å²) < 4.78 is 0. The molecule has 2 amide bonds. The summed E-state index contributed by atoms with van der Waals surface area (Å²) in [6, 6.07) is -0.833. The normalized spacial score (nSPS) is 7.40. The molecule has 0 heterocycles. The largest absolute Gasteiger partial charge is 0.352 e. The number of carbonyl (C=O) groups excluding carboxylic acids is 1. The maximum absolute atomic E-state index is 9.00. The monoisotopic (exact) mass is 184 g/mol. The number of urea groups is 1. The number of allylic oxidation sites excluding steroid dienone is 1. The highest BCUT2D eigenvalue weighted by atomic mass is 35.5. The molecule has 0 radical (unpaired) electrons. The quantitative estimate of drug-likeness (QED) is 0.489. The second-order valence-electron chi connectivity index (χ2n) is 1.42. The smallest absolute Gasteiger partial charge is 0.309 e. The summed E-state index contributed by atoms with van der Waals surface area (Å²) in [6.07, 6.45) is 0. The van der Waals surface area contributed by atoms with E-state index in [1.165, 1.54) is 0 Å². The van der Waals surface area contributed by atoms with Crippen LogP contribution in [0.2, 0.25) is 0 Å². The molecule has 0 aliphatic carbocycles. The number of alkyl halides is 2. The van der Waals surface area contributed by atoms with E-state index in [0.717, 1.165) is 5.57 Å². The van der Waals surface area contributed by atoms with Gasteiger partial charge in [-0.25, -0.2) is 4.79 Å². The van der Waals surface area contributed by atoms with Crippen LogP contribution in [0.5, 0.6) is 0 Å². The van der Waals surface area contributed by atoms with Crippen LogP contribution in [0.25, 0.3) is 0 Å². The molecule has 0 aromatic heterocycles. The Morgan fingerprint density at radius 3 is 1.50 bits per heavy atom. The topological polar surface area (TPSA) is 69.1 Å². The van der Waals surface area contributed by atoms with Crippen LogP contribution in [0.3, 0.4) is 0 Å². The minimum absolute atomic E-state index is 0.476. The summed E-state index contributed by atoms with van der Waals surface area (Å²) in [5.41, 5.74) is 9.37. The van der Waals surface area contributed by atoms with Gasteiger partial charge in [0.1, 0.15) is 0 Å². The fraction of sp³-hybridized carbons (Fsp3) is 0.400. The zero-order valence-electron chi connectivity index (χ0n) is 5.44. The summed E-state index contributed by atoms with van der Waals surface area (Å²) in [4.78, 5) is 9.00. The summed E-state index contributed by atoms with van der Waals surface area (Å²) in [7, 11) is 0. The van der Waals surface area contributed by atoms with Gasteiger partial charge in [0, 0.05) is 11.8 Å². The third-order valence-corrected chi connectivity index (χ3v) is 1.13. The van der Waals surface area contributed by atoms with E-state index in [0.29, 0.717) is 11.8 Å². The number of nitrogens with two attached hydrogens (primary N) is 2. The molecular formula is C5H10Cl2N2O. The van der Waals surface area contributed by atoms with Crippen molar-refractivity contribution in [3.05, 3.63) is 12.2 Å². The molecule has 0 fully saturated rings. The van der Waals surface area contributed by atoms with Gasteiger partial charge >= 0.3 is 6.03 Å². The molecule has 0 aromatic carbocycles. The lowest BCUT2D eigenvalue weighted by Gasteiger charge is -1.85. The number of primary amides is 2. The molecule has 4 N–H and O–H groups in total. The summed E-state index contributed by atoms with van der Waals surface area (Å²) in [5.74, 6) is 0.951. The van der Waals surface area contributed by atoms with Gasteiger partial charge in [0.25, 0.3) is 0 Å². The molecule has 60 valence electrons. The molecule has 0 aliphatic heterocycles. The lowest BCUT2D eigenvalue weighted by molar-refractivity contribution is 0.256. The molecule has 0 bridgehead atoms. The van der Waals surface area contributed by atoms with E-state index in [-0.39, 0.29) is 0 Å². The van der Waals surface area contributed by atoms with Crippen molar-refractivity contribution >= 4 is 29.2 Å². The first-order valence-electron chi connectivity index (χ1n) is 2.38. The highest BCUT2D eigenvalue weighted by Gasteiger charge is 1.81. The molecule has 0 spiro atoms. The van der Waals surface area contributed by atoms with Crippen molar-refractivity contribution in [1.29, 1.82) is 0 Å². The van der Waals surface area contributed by atoms with Gasteiger partial charge in [0.2, 0.25) is 0 Å². The highest BCUT2D eigenvalue weighted by molar-refractivity contribution is 6.23. The molecule has 0 saturated heterocycles. The first-order chi connectivity index (χ1) is 4.54.